The Morgan fingerprint density at radius 1 is 1.20 bits per heavy atom. The zero-order chi connectivity index (χ0) is 21.7. The van der Waals surface area contributed by atoms with Crippen LogP contribution in [0.2, 0.25) is 0 Å². The molecule has 2 heterocycles. The third kappa shape index (κ3) is 5.33. The molecule has 1 aliphatic carbocycles. The van der Waals surface area contributed by atoms with Crippen LogP contribution < -0.4 is 15.3 Å². The van der Waals surface area contributed by atoms with Crippen LogP contribution in [0.15, 0.2) is 24.3 Å². The Kier molecular flexibility index (Phi) is 6.99. The topological polar surface area (TPSA) is 124 Å². The Hall–Kier alpha value is -3.00. The molecule has 0 bridgehead atoms. The van der Waals surface area contributed by atoms with Crippen LogP contribution in [-0.4, -0.2) is 47.6 Å². The fourth-order valence-electron chi connectivity index (χ4n) is 4.11. The number of benzene rings is 1. The number of carboxylic acids is 2. The van der Waals surface area contributed by atoms with E-state index in [2.05, 4.69) is 18.3 Å². The van der Waals surface area contributed by atoms with Crippen LogP contribution in [0, 0.1) is 5.92 Å². The number of carbonyl (C=O) groups excluding carboxylic acids is 2. The minimum Gasteiger partial charge on any atom is -0.539 e. The third-order valence-electron chi connectivity index (χ3n) is 5.75. The maximum Gasteiger partial charge on any atom is 0.351 e. The van der Waals surface area contributed by atoms with E-state index < -0.39 is 11.9 Å². The molecule has 2 aromatic rings. The van der Waals surface area contributed by atoms with E-state index in [1.807, 2.05) is 18.2 Å². The fourth-order valence-corrected chi connectivity index (χ4v) is 4.11. The van der Waals surface area contributed by atoms with Crippen LogP contribution in [0.4, 0.5) is 5.69 Å². The number of pyridine rings is 1. The number of para-hydroxylation sites is 1. The molecule has 8 heteroatoms. The molecule has 0 saturated carbocycles. The van der Waals surface area contributed by atoms with E-state index in [0.717, 1.165) is 54.9 Å². The van der Waals surface area contributed by atoms with Crippen LogP contribution in [0.5, 0.6) is 0 Å². The molecule has 1 amide bonds. The van der Waals surface area contributed by atoms with Crippen molar-refractivity contribution in [1.82, 2.24) is 4.98 Å². The zero-order valence-electron chi connectivity index (χ0n) is 17.1. The molecule has 0 atom stereocenters. The Bertz CT molecular complexity index is 939. The number of carbonyl (C=O) groups is 3. The van der Waals surface area contributed by atoms with E-state index in [-0.39, 0.29) is 5.91 Å². The van der Waals surface area contributed by atoms with Crippen LogP contribution >= 0.6 is 0 Å². The molecule has 0 spiro atoms. The summed E-state index contributed by atoms with van der Waals surface area (Å²) >= 11 is 0. The van der Waals surface area contributed by atoms with Crippen molar-refractivity contribution in [3.63, 3.8) is 0 Å². The van der Waals surface area contributed by atoms with Gasteiger partial charge in [0.05, 0.1) is 24.3 Å². The lowest BCUT2D eigenvalue weighted by molar-refractivity contribution is -0.897. The predicted molar refractivity (Wildman–Crippen MR) is 109 cm³/mol. The summed E-state index contributed by atoms with van der Waals surface area (Å²) < 4.78 is 0. The number of nitrogens with one attached hydrogen (secondary N) is 2. The number of rotatable bonds is 3. The molecule has 0 radical (unpaired) electrons. The molecule has 8 nitrogen and oxygen atoms in total. The number of fused-ring (bicyclic) bond motifs is 2. The van der Waals surface area contributed by atoms with E-state index in [1.54, 1.807) is 0 Å². The Labute approximate surface area is 174 Å². The van der Waals surface area contributed by atoms with Gasteiger partial charge in [-0.1, -0.05) is 25.1 Å². The quantitative estimate of drug-likeness (QED) is 0.599. The van der Waals surface area contributed by atoms with Crippen molar-refractivity contribution in [3.8, 4) is 0 Å². The first-order valence-corrected chi connectivity index (χ1v) is 10.3. The van der Waals surface area contributed by atoms with Gasteiger partial charge in [-0.2, -0.15) is 0 Å². The molecule has 30 heavy (non-hydrogen) atoms. The molecule has 1 fully saturated rings. The normalized spacial score (nSPS) is 20.0. The van der Waals surface area contributed by atoms with Crippen molar-refractivity contribution >= 4 is 34.4 Å². The maximum atomic E-state index is 12.7. The number of amides is 1. The molecule has 1 aromatic heterocycles. The monoisotopic (exact) mass is 413 g/mol. The van der Waals surface area contributed by atoms with Crippen molar-refractivity contribution < 1.29 is 29.5 Å². The molecular weight excluding hydrogens is 386 g/mol. The number of nitrogens with zero attached hydrogens (tertiary/aromatic N) is 1. The molecule has 1 aliphatic heterocycles. The van der Waals surface area contributed by atoms with Gasteiger partial charge in [-0.05, 0) is 49.7 Å². The molecule has 2 aliphatic rings. The number of anilines is 1. The van der Waals surface area contributed by atoms with Crippen LogP contribution in [0.25, 0.3) is 10.9 Å². The molecular formula is C22H27N3O5. The Morgan fingerprint density at radius 2 is 1.87 bits per heavy atom. The largest absolute Gasteiger partial charge is 0.539 e. The average molecular weight is 413 g/mol. The van der Waals surface area contributed by atoms with Gasteiger partial charge < -0.3 is 25.2 Å². The number of aromatic nitrogens is 1. The van der Waals surface area contributed by atoms with Gasteiger partial charge in [0, 0.05) is 11.1 Å². The van der Waals surface area contributed by atoms with Crippen molar-refractivity contribution in [1.29, 1.82) is 0 Å². The molecule has 160 valence electrons. The highest BCUT2D eigenvalue weighted by molar-refractivity contribution is 6.26. The van der Waals surface area contributed by atoms with Gasteiger partial charge in [-0.3, -0.25) is 9.78 Å². The summed E-state index contributed by atoms with van der Waals surface area (Å²) in [5.41, 5.74) is 4.43. The summed E-state index contributed by atoms with van der Waals surface area (Å²) in [6, 6.07) is 8.16. The van der Waals surface area contributed by atoms with Crippen molar-refractivity contribution in [2.45, 2.75) is 39.0 Å². The van der Waals surface area contributed by atoms with E-state index in [1.165, 1.54) is 29.0 Å². The summed E-state index contributed by atoms with van der Waals surface area (Å²) in [6.07, 6.45) is 5.65. The standard InChI is InChI=1S/C20H25N3O.C2H2O4/c1-14-9-11-23(12-10-14)13-19(24)22-20-15-5-2-3-7-17(15)21-18-8-4-6-16(18)20;3-1(4)2(5)6/h2-3,5,7,14H,4,6,8-13H2,1H3,(H,21,22,24);(H,3,4)(H,5,6). The van der Waals surface area contributed by atoms with Gasteiger partial charge in [-0.25, -0.2) is 4.79 Å². The van der Waals surface area contributed by atoms with E-state index in [0.29, 0.717) is 6.54 Å². The first-order valence-electron chi connectivity index (χ1n) is 10.3. The number of carboxylic acid groups (broad SMARTS) is 2. The third-order valence-corrected chi connectivity index (χ3v) is 5.75. The number of aryl methyl sites for hydroxylation is 1. The summed E-state index contributed by atoms with van der Waals surface area (Å²) in [5, 5.41) is 20.6. The zero-order valence-corrected chi connectivity index (χ0v) is 17.1. The van der Waals surface area contributed by atoms with E-state index >= 15 is 0 Å². The second kappa shape index (κ2) is 9.67. The number of hydrogen-bond donors (Lipinski definition) is 3. The molecule has 4 rings (SSSR count). The number of hydrogen-bond acceptors (Lipinski definition) is 5. The second-order valence-corrected chi connectivity index (χ2v) is 8.03. The van der Waals surface area contributed by atoms with Crippen molar-refractivity contribution in [3.05, 3.63) is 35.5 Å². The first-order chi connectivity index (χ1) is 14.3. The Balaban J connectivity index is 0.000000377. The molecule has 1 saturated heterocycles. The SMILES string of the molecule is CC1CC[NH+](CC(=O)Nc2c3c(nc4ccccc24)CCC3)CC1.O=C([O-])C(=O)O. The summed E-state index contributed by atoms with van der Waals surface area (Å²) in [4.78, 5) is 36.9. The van der Waals surface area contributed by atoms with Crippen LogP contribution in [0.1, 0.15) is 37.4 Å². The number of aliphatic carboxylic acids is 2. The van der Waals surface area contributed by atoms with Crippen molar-refractivity contribution in [2.24, 2.45) is 5.92 Å². The number of quaternary nitrogens is 1. The van der Waals surface area contributed by atoms with Gasteiger partial charge in [0.1, 0.15) is 0 Å². The lowest BCUT2D eigenvalue weighted by Crippen LogP contribution is -3.14. The minimum absolute atomic E-state index is 0.144. The van der Waals surface area contributed by atoms with E-state index in [9.17, 15) is 4.79 Å². The summed E-state index contributed by atoms with van der Waals surface area (Å²) in [5.74, 6) is -3.06. The van der Waals surface area contributed by atoms with Gasteiger partial charge in [0.15, 0.2) is 12.5 Å². The minimum atomic E-state index is -2.07. The van der Waals surface area contributed by atoms with Crippen molar-refractivity contribution in [2.75, 3.05) is 25.0 Å². The smallest absolute Gasteiger partial charge is 0.351 e. The lowest BCUT2D eigenvalue weighted by Gasteiger charge is -2.27. The molecule has 0 unspecified atom stereocenters. The second-order valence-electron chi connectivity index (χ2n) is 8.03. The van der Waals surface area contributed by atoms with Crippen LogP contribution in [-0.2, 0) is 27.2 Å². The van der Waals surface area contributed by atoms with Gasteiger partial charge in [0.25, 0.3) is 5.91 Å². The van der Waals surface area contributed by atoms with E-state index in [4.69, 9.17) is 24.8 Å². The molecule has 3 N–H and O–H groups in total. The first kappa shape index (κ1) is 21.7. The molecule has 1 aromatic carbocycles. The van der Waals surface area contributed by atoms with Gasteiger partial charge >= 0.3 is 5.97 Å². The average Bonchev–Trinajstić information content (AvgIpc) is 3.18. The highest BCUT2D eigenvalue weighted by atomic mass is 16.4. The summed E-state index contributed by atoms with van der Waals surface area (Å²) in [6.45, 7) is 5.12. The maximum absolute atomic E-state index is 12.7. The number of piperidine rings is 1. The highest BCUT2D eigenvalue weighted by Crippen LogP contribution is 2.33. The van der Waals surface area contributed by atoms with Gasteiger partial charge in [-0.15, -0.1) is 0 Å². The number of likely N-dealkylation sites (tertiary alicyclic amines) is 1. The highest BCUT2D eigenvalue weighted by Gasteiger charge is 2.24. The summed E-state index contributed by atoms with van der Waals surface area (Å²) in [7, 11) is 0. The van der Waals surface area contributed by atoms with Crippen LogP contribution in [0.3, 0.4) is 0 Å². The van der Waals surface area contributed by atoms with Gasteiger partial charge in [0.2, 0.25) is 0 Å². The fraction of sp³-hybridized carbons (Fsp3) is 0.455. The predicted octanol–water partition coefficient (Wildman–Crippen LogP) is -0.202. The Morgan fingerprint density at radius 3 is 2.53 bits per heavy atom. The lowest BCUT2D eigenvalue weighted by atomic mass is 9.99.